The SMILES string of the molecule is [2H]C([2H])([2H])C1(C([2H])([2H])[2H])c2ccccc2-c2c(N(c3ccc(-c4cccc(-c5ccccc5)c4)cc3)c3ccc(-c4ccc5ccccc5c4)cc3)cccc21. The summed E-state index contributed by atoms with van der Waals surface area (Å²) in [5.74, 6) is 0. The molecule has 1 aliphatic carbocycles. The number of hydrogen-bond acceptors (Lipinski definition) is 1. The molecule has 0 saturated carbocycles. The molecular weight excluding hydrogens is 603 g/mol. The van der Waals surface area contributed by atoms with Crippen molar-refractivity contribution in [3.8, 4) is 44.5 Å². The maximum absolute atomic E-state index is 8.79. The molecule has 50 heavy (non-hydrogen) atoms. The highest BCUT2D eigenvalue weighted by Gasteiger charge is 2.37. The third-order valence-electron chi connectivity index (χ3n) is 9.92. The molecule has 0 atom stereocenters. The van der Waals surface area contributed by atoms with Crippen molar-refractivity contribution < 1.29 is 8.22 Å². The summed E-state index contributed by atoms with van der Waals surface area (Å²) in [4.78, 5) is 2.11. The zero-order chi connectivity index (χ0) is 38.7. The van der Waals surface area contributed by atoms with Gasteiger partial charge < -0.3 is 4.90 Å². The lowest BCUT2D eigenvalue weighted by Gasteiger charge is -2.29. The average molecular weight is 646 g/mol. The number of hydrogen-bond donors (Lipinski definition) is 0. The molecule has 1 aliphatic rings. The van der Waals surface area contributed by atoms with Gasteiger partial charge in [0.2, 0.25) is 0 Å². The van der Waals surface area contributed by atoms with Crippen molar-refractivity contribution in [1.29, 1.82) is 0 Å². The quantitative estimate of drug-likeness (QED) is 0.174. The van der Waals surface area contributed by atoms with E-state index in [0.717, 1.165) is 50.1 Å². The Morgan fingerprint density at radius 3 is 1.62 bits per heavy atom. The summed E-state index contributed by atoms with van der Waals surface area (Å²) in [7, 11) is 0. The van der Waals surface area contributed by atoms with Crippen LogP contribution < -0.4 is 4.90 Å². The van der Waals surface area contributed by atoms with Crippen LogP contribution in [0.4, 0.5) is 17.1 Å². The first-order chi connectivity index (χ1) is 27.0. The Morgan fingerprint density at radius 2 is 0.920 bits per heavy atom. The van der Waals surface area contributed by atoms with Gasteiger partial charge in [0.1, 0.15) is 0 Å². The average Bonchev–Trinajstić information content (AvgIpc) is 3.55. The van der Waals surface area contributed by atoms with Crippen molar-refractivity contribution >= 4 is 27.8 Å². The Bertz CT molecular complexity index is 2700. The van der Waals surface area contributed by atoms with E-state index in [1.807, 2.05) is 48.5 Å². The smallest absolute Gasteiger partial charge is 0.0543 e. The lowest BCUT2D eigenvalue weighted by atomic mass is 9.82. The minimum absolute atomic E-state index is 0.281. The highest BCUT2D eigenvalue weighted by Crippen LogP contribution is 2.54. The van der Waals surface area contributed by atoms with Gasteiger partial charge in [0.25, 0.3) is 0 Å². The maximum atomic E-state index is 8.79. The molecule has 0 fully saturated rings. The number of fused-ring (bicyclic) bond motifs is 4. The zero-order valence-electron chi connectivity index (χ0n) is 33.3. The Kier molecular flexibility index (Phi) is 5.79. The zero-order valence-corrected chi connectivity index (χ0v) is 27.3. The van der Waals surface area contributed by atoms with Crippen LogP contribution in [0.2, 0.25) is 0 Å². The molecule has 1 heteroatoms. The number of anilines is 3. The highest BCUT2D eigenvalue weighted by atomic mass is 15.1. The Balaban J connectivity index is 1.21. The van der Waals surface area contributed by atoms with Crippen molar-refractivity contribution in [2.75, 3.05) is 4.90 Å². The van der Waals surface area contributed by atoms with Crippen molar-refractivity contribution in [1.82, 2.24) is 0 Å². The van der Waals surface area contributed by atoms with Crippen LogP contribution in [0.1, 0.15) is 33.1 Å². The van der Waals surface area contributed by atoms with E-state index in [-0.39, 0.29) is 5.56 Å². The van der Waals surface area contributed by atoms with E-state index in [9.17, 15) is 0 Å². The summed E-state index contributed by atoms with van der Waals surface area (Å²) < 4.78 is 52.7. The molecule has 8 aromatic rings. The first-order valence-electron chi connectivity index (χ1n) is 19.9. The Morgan fingerprint density at radius 1 is 0.400 bits per heavy atom. The third kappa shape index (κ3) is 5.11. The molecule has 8 aromatic carbocycles. The van der Waals surface area contributed by atoms with Crippen LogP contribution in [0, 0.1) is 0 Å². The number of rotatable bonds is 6. The minimum Gasteiger partial charge on any atom is -0.310 e. The topological polar surface area (TPSA) is 3.24 Å². The van der Waals surface area contributed by atoms with E-state index in [1.165, 1.54) is 5.39 Å². The van der Waals surface area contributed by atoms with Crippen LogP contribution >= 0.6 is 0 Å². The number of benzene rings is 8. The normalized spacial score (nSPS) is 15.0. The summed E-state index contributed by atoms with van der Waals surface area (Å²) in [6.45, 7) is -5.72. The predicted molar refractivity (Wildman–Crippen MR) is 213 cm³/mol. The summed E-state index contributed by atoms with van der Waals surface area (Å²) in [5.41, 5.74) is 8.53. The van der Waals surface area contributed by atoms with E-state index in [1.54, 1.807) is 24.3 Å². The molecule has 0 heterocycles. The predicted octanol–water partition coefficient (Wildman–Crippen LogP) is 13.6. The second-order valence-corrected chi connectivity index (χ2v) is 12.9. The van der Waals surface area contributed by atoms with Crippen molar-refractivity contribution in [2.45, 2.75) is 19.1 Å². The number of nitrogens with zero attached hydrogens (tertiary/aromatic N) is 1. The largest absolute Gasteiger partial charge is 0.310 e. The molecule has 0 N–H and O–H groups in total. The highest BCUT2D eigenvalue weighted by molar-refractivity contribution is 5.95. The van der Waals surface area contributed by atoms with Gasteiger partial charge in [-0.3, -0.25) is 0 Å². The van der Waals surface area contributed by atoms with Gasteiger partial charge in [-0.05, 0) is 103 Å². The minimum atomic E-state index is -2.86. The van der Waals surface area contributed by atoms with Gasteiger partial charge in [0, 0.05) is 30.6 Å². The fourth-order valence-corrected chi connectivity index (χ4v) is 7.41. The second-order valence-electron chi connectivity index (χ2n) is 12.9. The van der Waals surface area contributed by atoms with Gasteiger partial charge in [0.05, 0.1) is 5.69 Å². The van der Waals surface area contributed by atoms with Crippen LogP contribution in [0.15, 0.2) is 188 Å². The van der Waals surface area contributed by atoms with Crippen LogP contribution in [0.25, 0.3) is 55.3 Å². The molecule has 0 unspecified atom stereocenters. The van der Waals surface area contributed by atoms with Gasteiger partial charge >= 0.3 is 0 Å². The summed E-state index contributed by atoms with van der Waals surface area (Å²) in [5, 5.41) is 2.34. The van der Waals surface area contributed by atoms with Gasteiger partial charge in [0.15, 0.2) is 0 Å². The van der Waals surface area contributed by atoms with Crippen LogP contribution in [-0.2, 0) is 5.41 Å². The molecule has 0 spiro atoms. The van der Waals surface area contributed by atoms with E-state index in [0.29, 0.717) is 22.4 Å². The molecule has 0 saturated heterocycles. The lowest BCUT2D eigenvalue weighted by Crippen LogP contribution is -2.16. The first kappa shape index (κ1) is 24.0. The monoisotopic (exact) mass is 645 g/mol. The lowest BCUT2D eigenvalue weighted by molar-refractivity contribution is 0.660. The Labute approximate surface area is 303 Å². The maximum Gasteiger partial charge on any atom is 0.0543 e. The first-order valence-corrected chi connectivity index (χ1v) is 16.9. The third-order valence-corrected chi connectivity index (χ3v) is 9.92. The molecule has 0 aliphatic heterocycles. The van der Waals surface area contributed by atoms with Crippen LogP contribution in [0.5, 0.6) is 0 Å². The van der Waals surface area contributed by atoms with Crippen molar-refractivity contribution in [3.63, 3.8) is 0 Å². The van der Waals surface area contributed by atoms with E-state index in [4.69, 9.17) is 8.22 Å². The van der Waals surface area contributed by atoms with E-state index >= 15 is 0 Å². The molecule has 1 nitrogen and oxygen atoms in total. The van der Waals surface area contributed by atoms with Crippen LogP contribution in [0.3, 0.4) is 0 Å². The molecule has 0 aromatic heterocycles. The fourth-order valence-electron chi connectivity index (χ4n) is 7.41. The Hall–Kier alpha value is -6.18. The van der Waals surface area contributed by atoms with Gasteiger partial charge in [-0.1, -0.05) is 159 Å². The van der Waals surface area contributed by atoms with Crippen molar-refractivity contribution in [3.05, 3.63) is 199 Å². The van der Waals surface area contributed by atoms with Crippen molar-refractivity contribution in [2.24, 2.45) is 0 Å². The fraction of sp³-hybridized carbons (Fsp3) is 0.0612. The molecule has 0 bridgehead atoms. The molecule has 238 valence electrons. The van der Waals surface area contributed by atoms with Crippen LogP contribution in [-0.4, -0.2) is 0 Å². The molecule has 9 rings (SSSR count). The standard InChI is InChI=1S/C49H37N/c1-49(2)45-19-9-8-18-44(45)48-46(49)20-11-21-47(48)50(43-30-26-37(27-31-43)41-23-22-35-14-6-7-15-38(35)33-41)42-28-24-36(25-29-42)40-17-10-16-39(32-40)34-12-4-3-5-13-34/h3-33H,1-2H3/i1D3,2D3. The summed E-state index contributed by atoms with van der Waals surface area (Å²) in [6.07, 6.45) is 0. The van der Waals surface area contributed by atoms with E-state index < -0.39 is 19.1 Å². The van der Waals surface area contributed by atoms with Gasteiger partial charge in [-0.15, -0.1) is 0 Å². The van der Waals surface area contributed by atoms with Gasteiger partial charge in [-0.25, -0.2) is 0 Å². The summed E-state index contributed by atoms with van der Waals surface area (Å²) >= 11 is 0. The molecule has 0 amide bonds. The molecular formula is C49H37N. The molecule has 0 radical (unpaired) electrons. The second kappa shape index (κ2) is 12.1. The van der Waals surface area contributed by atoms with Gasteiger partial charge in [-0.2, -0.15) is 0 Å². The van der Waals surface area contributed by atoms with E-state index in [2.05, 4.69) is 120 Å². The summed E-state index contributed by atoms with van der Waals surface area (Å²) in [6, 6.07) is 62.7.